The summed E-state index contributed by atoms with van der Waals surface area (Å²) >= 11 is 0. The van der Waals surface area contributed by atoms with Crippen LogP contribution in [0, 0.1) is 0 Å². The molecule has 0 bridgehead atoms. The molecule has 1 rings (SSSR count). The molecule has 0 aromatic carbocycles. The van der Waals surface area contributed by atoms with Crippen molar-refractivity contribution in [1.82, 2.24) is 5.32 Å². The number of carbonyl (C=O) groups excluding carboxylic acids is 1. The van der Waals surface area contributed by atoms with Gasteiger partial charge >= 0.3 is 5.97 Å². The Morgan fingerprint density at radius 1 is 1.60 bits per heavy atom. The van der Waals surface area contributed by atoms with Crippen molar-refractivity contribution in [3.63, 3.8) is 0 Å². The van der Waals surface area contributed by atoms with Crippen molar-refractivity contribution in [2.75, 3.05) is 13.2 Å². The Balaban J connectivity index is 2.02. The summed E-state index contributed by atoms with van der Waals surface area (Å²) in [6, 6.07) is 3.67. The number of furan rings is 1. The van der Waals surface area contributed by atoms with Crippen molar-refractivity contribution >= 4 is 5.97 Å². The summed E-state index contributed by atoms with van der Waals surface area (Å²) in [6.45, 7) is 3.35. The molecule has 4 heteroatoms. The zero-order chi connectivity index (χ0) is 10.9. The standard InChI is InChI=1S/C11H17NO3/c1-2-3-6-15-11(13)9-12-8-10-5-4-7-14-10/h4-5,7,12H,2-3,6,8-9H2,1H3. The van der Waals surface area contributed by atoms with E-state index in [4.69, 9.17) is 9.15 Å². The van der Waals surface area contributed by atoms with Crippen LogP contribution >= 0.6 is 0 Å². The lowest BCUT2D eigenvalue weighted by Crippen LogP contribution is -2.24. The topological polar surface area (TPSA) is 51.5 Å². The molecule has 0 aliphatic carbocycles. The van der Waals surface area contributed by atoms with E-state index in [2.05, 4.69) is 12.2 Å². The Labute approximate surface area is 89.6 Å². The molecular formula is C11H17NO3. The maximum Gasteiger partial charge on any atom is 0.319 e. The SMILES string of the molecule is CCCCOC(=O)CNCc1ccco1. The number of nitrogens with one attached hydrogen (secondary N) is 1. The Hall–Kier alpha value is -1.29. The first-order chi connectivity index (χ1) is 7.33. The van der Waals surface area contributed by atoms with E-state index in [0.717, 1.165) is 18.6 Å². The minimum Gasteiger partial charge on any atom is -0.468 e. The van der Waals surface area contributed by atoms with E-state index >= 15 is 0 Å². The van der Waals surface area contributed by atoms with Gasteiger partial charge in [-0.05, 0) is 18.6 Å². The van der Waals surface area contributed by atoms with Gasteiger partial charge in [0.25, 0.3) is 0 Å². The molecule has 0 unspecified atom stereocenters. The van der Waals surface area contributed by atoms with E-state index in [0.29, 0.717) is 13.2 Å². The molecular weight excluding hydrogens is 194 g/mol. The second-order valence-corrected chi connectivity index (χ2v) is 3.26. The molecule has 0 fully saturated rings. The van der Waals surface area contributed by atoms with Crippen LogP contribution in [0.3, 0.4) is 0 Å². The molecule has 84 valence electrons. The number of carbonyl (C=O) groups is 1. The number of hydrogen-bond acceptors (Lipinski definition) is 4. The lowest BCUT2D eigenvalue weighted by Gasteiger charge is -2.04. The average Bonchev–Trinajstić information content (AvgIpc) is 2.71. The predicted octanol–water partition coefficient (Wildman–Crippen LogP) is 1.71. The highest BCUT2D eigenvalue weighted by atomic mass is 16.5. The third kappa shape index (κ3) is 5.22. The summed E-state index contributed by atoms with van der Waals surface area (Å²) in [7, 11) is 0. The van der Waals surface area contributed by atoms with Gasteiger partial charge in [-0.15, -0.1) is 0 Å². The summed E-state index contributed by atoms with van der Waals surface area (Å²) in [5.41, 5.74) is 0. The van der Waals surface area contributed by atoms with Crippen molar-refractivity contribution in [2.45, 2.75) is 26.3 Å². The molecule has 0 amide bonds. The quantitative estimate of drug-likeness (QED) is 0.551. The third-order valence-electron chi connectivity index (χ3n) is 1.91. The van der Waals surface area contributed by atoms with E-state index in [1.807, 2.05) is 12.1 Å². The van der Waals surface area contributed by atoms with Gasteiger partial charge in [0.05, 0.1) is 26.0 Å². The van der Waals surface area contributed by atoms with Crippen LogP contribution in [-0.2, 0) is 16.1 Å². The molecule has 1 aromatic heterocycles. The van der Waals surface area contributed by atoms with E-state index in [9.17, 15) is 4.79 Å². The summed E-state index contributed by atoms with van der Waals surface area (Å²) in [6.07, 6.45) is 3.56. The zero-order valence-electron chi connectivity index (χ0n) is 8.99. The number of hydrogen-bond donors (Lipinski definition) is 1. The average molecular weight is 211 g/mol. The fraction of sp³-hybridized carbons (Fsp3) is 0.545. The Morgan fingerprint density at radius 2 is 2.47 bits per heavy atom. The van der Waals surface area contributed by atoms with E-state index in [1.54, 1.807) is 6.26 Å². The molecule has 1 N–H and O–H groups in total. The van der Waals surface area contributed by atoms with Crippen LogP contribution in [0.15, 0.2) is 22.8 Å². The molecule has 0 radical (unpaired) electrons. The van der Waals surface area contributed by atoms with Crippen molar-refractivity contribution < 1.29 is 13.9 Å². The van der Waals surface area contributed by atoms with Crippen LogP contribution in [0.1, 0.15) is 25.5 Å². The highest BCUT2D eigenvalue weighted by Gasteiger charge is 2.02. The van der Waals surface area contributed by atoms with Gasteiger partial charge in [-0.2, -0.15) is 0 Å². The zero-order valence-corrected chi connectivity index (χ0v) is 8.99. The smallest absolute Gasteiger partial charge is 0.319 e. The molecule has 0 spiro atoms. The summed E-state index contributed by atoms with van der Waals surface area (Å²) in [5, 5.41) is 2.95. The molecule has 0 atom stereocenters. The van der Waals surface area contributed by atoms with Gasteiger partial charge < -0.3 is 9.15 Å². The second kappa shape index (κ2) is 7.06. The molecule has 4 nitrogen and oxygen atoms in total. The Bertz CT molecular complexity index is 269. The minimum atomic E-state index is -0.213. The number of rotatable bonds is 7. The molecule has 0 saturated carbocycles. The molecule has 0 saturated heterocycles. The van der Waals surface area contributed by atoms with E-state index in [-0.39, 0.29) is 12.5 Å². The van der Waals surface area contributed by atoms with Crippen molar-refractivity contribution in [1.29, 1.82) is 0 Å². The first kappa shape index (κ1) is 11.8. The van der Waals surface area contributed by atoms with Crippen LogP contribution in [0.4, 0.5) is 0 Å². The van der Waals surface area contributed by atoms with Crippen LogP contribution in [0.25, 0.3) is 0 Å². The number of ether oxygens (including phenoxy) is 1. The molecule has 0 aliphatic rings. The van der Waals surface area contributed by atoms with E-state index < -0.39 is 0 Å². The van der Waals surface area contributed by atoms with Gasteiger partial charge in [-0.1, -0.05) is 13.3 Å². The summed E-state index contributed by atoms with van der Waals surface area (Å²) < 4.78 is 10.1. The highest BCUT2D eigenvalue weighted by molar-refractivity contribution is 5.71. The largest absolute Gasteiger partial charge is 0.468 e. The lowest BCUT2D eigenvalue weighted by molar-refractivity contribution is -0.142. The predicted molar refractivity (Wildman–Crippen MR) is 56.3 cm³/mol. The number of esters is 1. The van der Waals surface area contributed by atoms with Gasteiger partial charge in [0, 0.05) is 0 Å². The molecule has 1 heterocycles. The first-order valence-electron chi connectivity index (χ1n) is 5.21. The van der Waals surface area contributed by atoms with Gasteiger partial charge in [-0.3, -0.25) is 10.1 Å². The van der Waals surface area contributed by atoms with Crippen LogP contribution in [0.5, 0.6) is 0 Å². The Kier molecular flexibility index (Phi) is 5.55. The van der Waals surface area contributed by atoms with Gasteiger partial charge in [0.2, 0.25) is 0 Å². The lowest BCUT2D eigenvalue weighted by atomic mass is 10.4. The van der Waals surface area contributed by atoms with Gasteiger partial charge in [0.15, 0.2) is 0 Å². The van der Waals surface area contributed by atoms with Crippen molar-refractivity contribution in [2.24, 2.45) is 0 Å². The minimum absolute atomic E-state index is 0.213. The Morgan fingerprint density at radius 3 is 3.13 bits per heavy atom. The molecule has 1 aromatic rings. The van der Waals surface area contributed by atoms with Crippen molar-refractivity contribution in [3.05, 3.63) is 24.2 Å². The second-order valence-electron chi connectivity index (χ2n) is 3.26. The maximum atomic E-state index is 11.1. The first-order valence-corrected chi connectivity index (χ1v) is 5.21. The summed E-state index contributed by atoms with van der Waals surface area (Å²) in [4.78, 5) is 11.1. The van der Waals surface area contributed by atoms with Crippen LogP contribution < -0.4 is 5.32 Å². The fourth-order valence-corrected chi connectivity index (χ4v) is 1.08. The normalized spacial score (nSPS) is 10.2. The van der Waals surface area contributed by atoms with Gasteiger partial charge in [0.1, 0.15) is 5.76 Å². The molecule has 0 aliphatic heterocycles. The van der Waals surface area contributed by atoms with E-state index in [1.165, 1.54) is 0 Å². The van der Waals surface area contributed by atoms with Crippen LogP contribution in [-0.4, -0.2) is 19.1 Å². The maximum absolute atomic E-state index is 11.1. The third-order valence-corrected chi connectivity index (χ3v) is 1.91. The fourth-order valence-electron chi connectivity index (χ4n) is 1.08. The summed E-state index contributed by atoms with van der Waals surface area (Å²) in [5.74, 6) is 0.603. The highest BCUT2D eigenvalue weighted by Crippen LogP contribution is 1.98. The van der Waals surface area contributed by atoms with Crippen LogP contribution in [0.2, 0.25) is 0 Å². The van der Waals surface area contributed by atoms with Crippen molar-refractivity contribution in [3.8, 4) is 0 Å². The molecule has 15 heavy (non-hydrogen) atoms. The van der Waals surface area contributed by atoms with Gasteiger partial charge in [-0.25, -0.2) is 0 Å². The monoisotopic (exact) mass is 211 g/mol. The number of unbranched alkanes of at least 4 members (excludes halogenated alkanes) is 1.